The standard InChI is InChI=1S/C8H6Br2N2/c9-6-2-1-3-7(10)8(6)12-5-4-11/h1-3,12H,5H2. The summed E-state index contributed by atoms with van der Waals surface area (Å²) in [5.74, 6) is 0. The van der Waals surface area contributed by atoms with Crippen molar-refractivity contribution in [2.45, 2.75) is 0 Å². The average Bonchev–Trinajstić information content (AvgIpc) is 2.04. The molecule has 1 aromatic rings. The first-order valence-electron chi connectivity index (χ1n) is 3.30. The van der Waals surface area contributed by atoms with Crippen molar-refractivity contribution in [2.24, 2.45) is 0 Å². The fraction of sp³-hybridized carbons (Fsp3) is 0.125. The Hall–Kier alpha value is -0.530. The van der Waals surface area contributed by atoms with Crippen molar-refractivity contribution < 1.29 is 0 Å². The zero-order valence-corrected chi connectivity index (χ0v) is 9.31. The first-order valence-corrected chi connectivity index (χ1v) is 4.89. The molecule has 0 saturated heterocycles. The van der Waals surface area contributed by atoms with Gasteiger partial charge in [-0.25, -0.2) is 0 Å². The van der Waals surface area contributed by atoms with Gasteiger partial charge in [-0.15, -0.1) is 0 Å². The molecule has 0 spiro atoms. The van der Waals surface area contributed by atoms with Crippen molar-refractivity contribution in [1.82, 2.24) is 0 Å². The summed E-state index contributed by atoms with van der Waals surface area (Å²) in [7, 11) is 0. The van der Waals surface area contributed by atoms with E-state index in [2.05, 4.69) is 37.2 Å². The van der Waals surface area contributed by atoms with Crippen LogP contribution in [0.25, 0.3) is 0 Å². The third kappa shape index (κ3) is 2.23. The van der Waals surface area contributed by atoms with Crippen LogP contribution in [0.3, 0.4) is 0 Å². The number of halogens is 2. The number of rotatable bonds is 2. The molecule has 0 radical (unpaired) electrons. The number of nitrogens with one attached hydrogen (secondary N) is 1. The molecule has 0 aliphatic rings. The van der Waals surface area contributed by atoms with Gasteiger partial charge >= 0.3 is 0 Å². The Kier molecular flexibility index (Phi) is 3.57. The molecule has 0 amide bonds. The molecule has 0 fully saturated rings. The Labute approximate surface area is 87.8 Å². The molecule has 2 nitrogen and oxygen atoms in total. The van der Waals surface area contributed by atoms with E-state index in [-0.39, 0.29) is 0 Å². The first kappa shape index (κ1) is 9.56. The Balaban J connectivity index is 2.90. The molecular formula is C8H6Br2N2. The van der Waals surface area contributed by atoms with Crippen LogP contribution in [-0.2, 0) is 0 Å². The van der Waals surface area contributed by atoms with Gasteiger partial charge in [-0.3, -0.25) is 0 Å². The molecule has 1 N–H and O–H groups in total. The smallest absolute Gasteiger partial charge is 0.103 e. The van der Waals surface area contributed by atoms with Gasteiger partial charge in [0.15, 0.2) is 0 Å². The number of nitrogens with zero attached hydrogens (tertiary/aromatic N) is 1. The lowest BCUT2D eigenvalue weighted by atomic mass is 10.3. The zero-order valence-electron chi connectivity index (χ0n) is 6.14. The van der Waals surface area contributed by atoms with Crippen LogP contribution in [0.15, 0.2) is 27.1 Å². The Morgan fingerprint density at radius 3 is 2.42 bits per heavy atom. The van der Waals surface area contributed by atoms with Gasteiger partial charge in [0.2, 0.25) is 0 Å². The monoisotopic (exact) mass is 288 g/mol. The van der Waals surface area contributed by atoms with Crippen LogP contribution in [0.5, 0.6) is 0 Å². The lowest BCUT2D eigenvalue weighted by molar-refractivity contribution is 1.30. The van der Waals surface area contributed by atoms with Crippen molar-refractivity contribution in [3.05, 3.63) is 27.1 Å². The third-order valence-corrected chi connectivity index (χ3v) is 2.63. The third-order valence-electron chi connectivity index (χ3n) is 1.31. The normalized spacial score (nSPS) is 9.08. The second kappa shape index (κ2) is 4.48. The molecule has 0 aliphatic carbocycles. The van der Waals surface area contributed by atoms with Gasteiger partial charge in [0.1, 0.15) is 6.54 Å². The SMILES string of the molecule is N#CCNc1c(Br)cccc1Br. The molecule has 0 saturated carbocycles. The highest BCUT2D eigenvalue weighted by molar-refractivity contribution is 9.11. The second-order valence-corrected chi connectivity index (χ2v) is 3.82. The van der Waals surface area contributed by atoms with Crippen LogP contribution in [-0.4, -0.2) is 6.54 Å². The summed E-state index contributed by atoms with van der Waals surface area (Å²) in [4.78, 5) is 0. The Bertz CT molecular complexity index is 297. The summed E-state index contributed by atoms with van der Waals surface area (Å²) in [6, 6.07) is 7.78. The number of para-hydroxylation sites is 1. The van der Waals surface area contributed by atoms with E-state index in [0.717, 1.165) is 14.6 Å². The molecule has 0 aromatic heterocycles. The number of hydrogen-bond acceptors (Lipinski definition) is 2. The molecule has 0 unspecified atom stereocenters. The fourth-order valence-electron chi connectivity index (χ4n) is 0.795. The van der Waals surface area contributed by atoms with Crippen LogP contribution in [0.4, 0.5) is 5.69 Å². The van der Waals surface area contributed by atoms with Gasteiger partial charge in [0.05, 0.1) is 11.8 Å². The van der Waals surface area contributed by atoms with Gasteiger partial charge in [-0.2, -0.15) is 5.26 Å². The second-order valence-electron chi connectivity index (χ2n) is 2.11. The summed E-state index contributed by atoms with van der Waals surface area (Å²) in [5.41, 5.74) is 0.916. The van der Waals surface area contributed by atoms with Gasteiger partial charge in [-0.05, 0) is 44.0 Å². The maximum absolute atomic E-state index is 8.37. The average molecular weight is 290 g/mol. The summed E-state index contributed by atoms with van der Waals surface area (Å²) < 4.78 is 1.90. The highest BCUT2D eigenvalue weighted by Gasteiger charge is 2.01. The Morgan fingerprint density at radius 1 is 1.33 bits per heavy atom. The van der Waals surface area contributed by atoms with Gasteiger partial charge < -0.3 is 5.32 Å². The van der Waals surface area contributed by atoms with E-state index < -0.39 is 0 Å². The van der Waals surface area contributed by atoms with Crippen molar-refractivity contribution >= 4 is 37.5 Å². The van der Waals surface area contributed by atoms with Gasteiger partial charge in [0, 0.05) is 8.95 Å². The predicted molar refractivity (Wildman–Crippen MR) is 55.9 cm³/mol. The molecule has 0 atom stereocenters. The van der Waals surface area contributed by atoms with E-state index in [1.165, 1.54) is 0 Å². The minimum atomic E-state index is 0.307. The number of anilines is 1. The predicted octanol–water partition coefficient (Wildman–Crippen LogP) is 3.15. The van der Waals surface area contributed by atoms with E-state index in [9.17, 15) is 0 Å². The first-order chi connectivity index (χ1) is 5.75. The number of nitriles is 1. The van der Waals surface area contributed by atoms with E-state index in [4.69, 9.17) is 5.26 Å². The highest BCUT2D eigenvalue weighted by atomic mass is 79.9. The van der Waals surface area contributed by atoms with E-state index in [1.807, 2.05) is 24.3 Å². The minimum absolute atomic E-state index is 0.307. The fourth-order valence-corrected chi connectivity index (χ4v) is 2.07. The maximum Gasteiger partial charge on any atom is 0.103 e. The molecule has 12 heavy (non-hydrogen) atoms. The largest absolute Gasteiger partial charge is 0.370 e. The van der Waals surface area contributed by atoms with Crippen LogP contribution in [0, 0.1) is 11.3 Å². The minimum Gasteiger partial charge on any atom is -0.370 e. The summed E-state index contributed by atoms with van der Waals surface area (Å²) >= 11 is 6.75. The Morgan fingerprint density at radius 2 is 1.92 bits per heavy atom. The zero-order chi connectivity index (χ0) is 8.97. The summed E-state index contributed by atoms with van der Waals surface area (Å²) in [6.07, 6.45) is 0. The van der Waals surface area contributed by atoms with Crippen molar-refractivity contribution in [1.29, 1.82) is 5.26 Å². The van der Waals surface area contributed by atoms with E-state index in [0.29, 0.717) is 6.54 Å². The highest BCUT2D eigenvalue weighted by Crippen LogP contribution is 2.29. The topological polar surface area (TPSA) is 35.8 Å². The lowest BCUT2D eigenvalue weighted by Crippen LogP contribution is -1.99. The van der Waals surface area contributed by atoms with Gasteiger partial charge in [-0.1, -0.05) is 6.07 Å². The van der Waals surface area contributed by atoms with Crippen molar-refractivity contribution in [3.63, 3.8) is 0 Å². The molecule has 0 heterocycles. The van der Waals surface area contributed by atoms with Crippen LogP contribution in [0.1, 0.15) is 0 Å². The molecule has 4 heteroatoms. The number of hydrogen-bond donors (Lipinski definition) is 1. The molecule has 62 valence electrons. The van der Waals surface area contributed by atoms with Crippen LogP contribution >= 0.6 is 31.9 Å². The quantitative estimate of drug-likeness (QED) is 0.849. The summed E-state index contributed by atoms with van der Waals surface area (Å²) in [5, 5.41) is 11.3. The maximum atomic E-state index is 8.37. The van der Waals surface area contributed by atoms with Gasteiger partial charge in [0.25, 0.3) is 0 Å². The van der Waals surface area contributed by atoms with Crippen molar-refractivity contribution in [3.8, 4) is 6.07 Å². The van der Waals surface area contributed by atoms with Crippen molar-refractivity contribution in [2.75, 3.05) is 11.9 Å². The summed E-state index contributed by atoms with van der Waals surface area (Å²) in [6.45, 7) is 0.307. The molecule has 0 aliphatic heterocycles. The van der Waals surface area contributed by atoms with Crippen LogP contribution < -0.4 is 5.32 Å². The number of benzene rings is 1. The molecular weight excluding hydrogens is 284 g/mol. The lowest BCUT2D eigenvalue weighted by Gasteiger charge is -2.06. The van der Waals surface area contributed by atoms with E-state index >= 15 is 0 Å². The van der Waals surface area contributed by atoms with E-state index in [1.54, 1.807) is 0 Å². The molecule has 1 rings (SSSR count). The molecule has 1 aromatic carbocycles. The van der Waals surface area contributed by atoms with Crippen LogP contribution in [0.2, 0.25) is 0 Å². The molecule has 0 bridgehead atoms.